The van der Waals surface area contributed by atoms with Gasteiger partial charge in [-0.2, -0.15) is 0 Å². The monoisotopic (exact) mass is 405 g/mol. The molecule has 1 N–H and O–H groups in total. The molecule has 0 saturated heterocycles. The van der Waals surface area contributed by atoms with Crippen LogP contribution >= 0.6 is 0 Å². The molecule has 0 aliphatic carbocycles. The summed E-state index contributed by atoms with van der Waals surface area (Å²) in [5, 5.41) is 2.66. The minimum atomic E-state index is -3.15. The van der Waals surface area contributed by atoms with Crippen LogP contribution in [0.2, 0.25) is 0 Å². The smallest absolute Gasteiger partial charge is 0.338 e. The first-order chi connectivity index (χ1) is 13.2. The molecule has 0 aliphatic heterocycles. The first-order valence-electron chi connectivity index (χ1n) is 8.69. The van der Waals surface area contributed by atoms with Crippen molar-refractivity contribution >= 4 is 27.4 Å². The van der Waals surface area contributed by atoms with E-state index in [9.17, 15) is 18.0 Å². The number of carbonyl (C=O) groups is 2. The zero-order chi connectivity index (χ0) is 20.7. The molecule has 0 saturated carbocycles. The summed E-state index contributed by atoms with van der Waals surface area (Å²) in [7, 11) is -3.15. The highest BCUT2D eigenvalue weighted by molar-refractivity contribution is 7.89. The average molecular weight is 405 g/mol. The molecule has 7 nitrogen and oxygen atoms in total. The standard InChI is InChI=1S/C20H23NO6S/c1-4-26-18-11-9-17(10-12-18)21-19(22)14(2)27-20(23)16-7-5-15(6-8-16)13-28(3,24)25/h5-12,14H,4,13H2,1-3H3,(H,21,22)/t14-/m1/s1. The molecule has 0 heterocycles. The quantitative estimate of drug-likeness (QED) is 0.678. The second-order valence-corrected chi connectivity index (χ2v) is 8.40. The first kappa shape index (κ1) is 21.4. The van der Waals surface area contributed by atoms with E-state index in [-0.39, 0.29) is 11.3 Å². The fourth-order valence-corrected chi connectivity index (χ4v) is 3.16. The molecule has 28 heavy (non-hydrogen) atoms. The van der Waals surface area contributed by atoms with Crippen molar-refractivity contribution in [1.29, 1.82) is 0 Å². The Morgan fingerprint density at radius 3 is 2.18 bits per heavy atom. The maximum atomic E-state index is 12.2. The van der Waals surface area contributed by atoms with Gasteiger partial charge in [0.05, 0.1) is 17.9 Å². The van der Waals surface area contributed by atoms with Crippen molar-refractivity contribution in [2.75, 3.05) is 18.2 Å². The predicted molar refractivity (Wildman–Crippen MR) is 106 cm³/mol. The number of hydrogen-bond acceptors (Lipinski definition) is 6. The van der Waals surface area contributed by atoms with Gasteiger partial charge in [-0.15, -0.1) is 0 Å². The molecule has 0 spiro atoms. The summed E-state index contributed by atoms with van der Waals surface area (Å²) >= 11 is 0. The molecule has 2 aromatic rings. The zero-order valence-corrected chi connectivity index (χ0v) is 16.8. The van der Waals surface area contributed by atoms with Crippen LogP contribution in [0.4, 0.5) is 5.69 Å². The van der Waals surface area contributed by atoms with E-state index in [1.165, 1.54) is 19.1 Å². The summed E-state index contributed by atoms with van der Waals surface area (Å²) in [6.45, 7) is 3.90. The lowest BCUT2D eigenvalue weighted by Gasteiger charge is -2.14. The molecular formula is C20H23NO6S. The van der Waals surface area contributed by atoms with Crippen LogP contribution in [0.15, 0.2) is 48.5 Å². The molecule has 0 aliphatic rings. The van der Waals surface area contributed by atoms with Crippen LogP contribution in [0.25, 0.3) is 0 Å². The van der Waals surface area contributed by atoms with Crippen molar-refractivity contribution < 1.29 is 27.5 Å². The molecule has 1 amide bonds. The Kier molecular flexibility index (Phi) is 7.17. The third kappa shape index (κ3) is 6.70. The van der Waals surface area contributed by atoms with E-state index in [0.717, 1.165) is 6.26 Å². The number of hydrogen-bond donors (Lipinski definition) is 1. The molecule has 0 unspecified atom stereocenters. The first-order valence-corrected chi connectivity index (χ1v) is 10.8. The molecule has 0 fully saturated rings. The predicted octanol–water partition coefficient (Wildman–Crippen LogP) is 2.81. The van der Waals surface area contributed by atoms with Gasteiger partial charge in [-0.25, -0.2) is 13.2 Å². The second-order valence-electron chi connectivity index (χ2n) is 6.26. The SMILES string of the molecule is CCOc1ccc(NC(=O)[C@@H](C)OC(=O)c2ccc(CS(C)(=O)=O)cc2)cc1. The van der Waals surface area contributed by atoms with E-state index in [1.807, 2.05) is 6.92 Å². The van der Waals surface area contributed by atoms with E-state index in [0.29, 0.717) is 23.6 Å². The highest BCUT2D eigenvalue weighted by atomic mass is 32.2. The van der Waals surface area contributed by atoms with Crippen LogP contribution < -0.4 is 10.1 Å². The normalized spacial score (nSPS) is 12.1. The van der Waals surface area contributed by atoms with Gasteiger partial charge in [-0.05, 0) is 55.8 Å². The second kappa shape index (κ2) is 9.36. The number of amides is 1. The third-order valence-corrected chi connectivity index (χ3v) is 4.56. The molecule has 2 aromatic carbocycles. The van der Waals surface area contributed by atoms with Gasteiger partial charge in [0.2, 0.25) is 0 Å². The largest absolute Gasteiger partial charge is 0.494 e. The fourth-order valence-electron chi connectivity index (χ4n) is 2.37. The topological polar surface area (TPSA) is 98.8 Å². The molecule has 150 valence electrons. The number of rotatable bonds is 8. The number of carbonyl (C=O) groups excluding carboxylic acids is 2. The van der Waals surface area contributed by atoms with Crippen molar-refractivity contribution in [3.05, 3.63) is 59.7 Å². The highest BCUT2D eigenvalue weighted by Gasteiger charge is 2.19. The summed E-state index contributed by atoms with van der Waals surface area (Å²) in [5.74, 6) is -0.547. The molecule has 2 rings (SSSR count). The summed E-state index contributed by atoms with van der Waals surface area (Å²) in [5.41, 5.74) is 1.36. The van der Waals surface area contributed by atoms with Gasteiger partial charge in [0.15, 0.2) is 15.9 Å². The van der Waals surface area contributed by atoms with Gasteiger partial charge in [0, 0.05) is 11.9 Å². The zero-order valence-electron chi connectivity index (χ0n) is 16.0. The van der Waals surface area contributed by atoms with Gasteiger partial charge < -0.3 is 14.8 Å². The maximum absolute atomic E-state index is 12.2. The number of benzene rings is 2. The molecule has 8 heteroatoms. The Morgan fingerprint density at radius 2 is 1.64 bits per heavy atom. The van der Waals surface area contributed by atoms with Crippen molar-refractivity contribution in [1.82, 2.24) is 0 Å². The number of sulfone groups is 1. The average Bonchev–Trinajstić information content (AvgIpc) is 2.62. The Morgan fingerprint density at radius 1 is 1.04 bits per heavy atom. The van der Waals surface area contributed by atoms with Gasteiger partial charge in [0.1, 0.15) is 5.75 Å². The molecule has 0 aromatic heterocycles. The van der Waals surface area contributed by atoms with Crippen molar-refractivity contribution in [3.63, 3.8) is 0 Å². The Balaban J connectivity index is 1.92. The Hall–Kier alpha value is -2.87. The van der Waals surface area contributed by atoms with Crippen molar-refractivity contribution in [2.45, 2.75) is 25.7 Å². The van der Waals surface area contributed by atoms with E-state index in [1.54, 1.807) is 36.4 Å². The molecule has 1 atom stereocenters. The van der Waals surface area contributed by atoms with Crippen LogP contribution in [0.1, 0.15) is 29.8 Å². The van der Waals surface area contributed by atoms with Crippen LogP contribution in [0.3, 0.4) is 0 Å². The summed E-state index contributed by atoms with van der Waals surface area (Å²) in [6.07, 6.45) is 0.134. The van der Waals surface area contributed by atoms with Crippen LogP contribution in [-0.4, -0.2) is 39.3 Å². The number of nitrogens with one attached hydrogen (secondary N) is 1. The lowest BCUT2D eigenvalue weighted by atomic mass is 10.1. The lowest BCUT2D eigenvalue weighted by molar-refractivity contribution is -0.123. The van der Waals surface area contributed by atoms with E-state index in [4.69, 9.17) is 9.47 Å². The fraction of sp³-hybridized carbons (Fsp3) is 0.300. The maximum Gasteiger partial charge on any atom is 0.338 e. The van der Waals surface area contributed by atoms with E-state index >= 15 is 0 Å². The third-order valence-electron chi connectivity index (χ3n) is 3.70. The highest BCUT2D eigenvalue weighted by Crippen LogP contribution is 2.16. The Labute approximate surface area is 164 Å². The minimum Gasteiger partial charge on any atom is -0.494 e. The van der Waals surface area contributed by atoms with Gasteiger partial charge in [-0.3, -0.25) is 4.79 Å². The number of esters is 1. The number of anilines is 1. The van der Waals surface area contributed by atoms with Crippen LogP contribution in [0.5, 0.6) is 5.75 Å². The van der Waals surface area contributed by atoms with Crippen molar-refractivity contribution in [3.8, 4) is 5.75 Å². The summed E-state index contributed by atoms with van der Waals surface area (Å²) in [4.78, 5) is 24.4. The Bertz CT molecular complexity index is 920. The molecular weight excluding hydrogens is 382 g/mol. The van der Waals surface area contributed by atoms with Gasteiger partial charge in [0.25, 0.3) is 5.91 Å². The summed E-state index contributed by atoms with van der Waals surface area (Å²) < 4.78 is 33.1. The number of ether oxygens (including phenoxy) is 2. The van der Waals surface area contributed by atoms with Gasteiger partial charge >= 0.3 is 5.97 Å². The van der Waals surface area contributed by atoms with Gasteiger partial charge in [-0.1, -0.05) is 12.1 Å². The van der Waals surface area contributed by atoms with Crippen LogP contribution in [0, 0.1) is 0 Å². The molecule has 0 radical (unpaired) electrons. The minimum absolute atomic E-state index is 0.108. The molecule has 0 bridgehead atoms. The summed E-state index contributed by atoms with van der Waals surface area (Å²) in [6, 6.07) is 12.9. The van der Waals surface area contributed by atoms with Crippen molar-refractivity contribution in [2.24, 2.45) is 0 Å². The van der Waals surface area contributed by atoms with E-state index < -0.39 is 27.8 Å². The van der Waals surface area contributed by atoms with E-state index in [2.05, 4.69) is 5.32 Å². The lowest BCUT2D eigenvalue weighted by Crippen LogP contribution is -2.30. The van der Waals surface area contributed by atoms with Crippen LogP contribution in [-0.2, 0) is 25.1 Å².